The molecule has 21 heavy (non-hydrogen) atoms. The highest BCUT2D eigenvalue weighted by Crippen LogP contribution is 2.24. The molecule has 0 saturated heterocycles. The first kappa shape index (κ1) is 14.8. The monoisotopic (exact) mass is 303 g/mol. The number of hydrogen-bond donors (Lipinski definition) is 1. The van der Waals surface area contributed by atoms with Crippen molar-refractivity contribution in [1.82, 2.24) is 4.98 Å². The maximum absolute atomic E-state index is 12.4. The summed E-state index contributed by atoms with van der Waals surface area (Å²) in [5.74, 6) is 0.634. The maximum atomic E-state index is 12.4. The van der Waals surface area contributed by atoms with Crippen molar-refractivity contribution >= 4 is 15.7 Å². The van der Waals surface area contributed by atoms with E-state index in [1.54, 1.807) is 31.2 Å². The standard InChI is InChI=1S/C14H13N3O3S/c1-10-8-11(20-2)5-6-12(10)17-21(18,19)14-4-3-7-16-13(14)9-15/h3-8,17H,1-2H3. The van der Waals surface area contributed by atoms with Crippen molar-refractivity contribution in [3.63, 3.8) is 0 Å². The molecular formula is C14H13N3O3S. The molecule has 6 nitrogen and oxygen atoms in total. The molecule has 0 radical (unpaired) electrons. The van der Waals surface area contributed by atoms with Gasteiger partial charge in [0.05, 0.1) is 12.8 Å². The van der Waals surface area contributed by atoms with E-state index in [0.29, 0.717) is 17.0 Å². The minimum Gasteiger partial charge on any atom is -0.497 e. The van der Waals surface area contributed by atoms with Crippen molar-refractivity contribution < 1.29 is 13.2 Å². The largest absolute Gasteiger partial charge is 0.497 e. The van der Waals surface area contributed by atoms with Crippen LogP contribution in [0.4, 0.5) is 5.69 Å². The van der Waals surface area contributed by atoms with Gasteiger partial charge in [0, 0.05) is 6.20 Å². The van der Waals surface area contributed by atoms with Crippen molar-refractivity contribution in [2.75, 3.05) is 11.8 Å². The number of rotatable bonds is 4. The van der Waals surface area contributed by atoms with Gasteiger partial charge in [-0.3, -0.25) is 4.72 Å². The van der Waals surface area contributed by atoms with Crippen LogP contribution in [0.5, 0.6) is 5.75 Å². The van der Waals surface area contributed by atoms with Gasteiger partial charge in [-0.25, -0.2) is 13.4 Å². The summed E-state index contributed by atoms with van der Waals surface area (Å²) < 4.78 is 32.2. The summed E-state index contributed by atoms with van der Waals surface area (Å²) in [5.41, 5.74) is 0.986. The molecule has 0 atom stereocenters. The summed E-state index contributed by atoms with van der Waals surface area (Å²) in [5, 5.41) is 8.95. The molecule has 1 aromatic heterocycles. The zero-order valence-corrected chi connectivity index (χ0v) is 12.3. The Morgan fingerprint density at radius 2 is 2.10 bits per heavy atom. The SMILES string of the molecule is COc1ccc(NS(=O)(=O)c2cccnc2C#N)c(C)c1. The lowest BCUT2D eigenvalue weighted by Crippen LogP contribution is -2.15. The highest BCUT2D eigenvalue weighted by molar-refractivity contribution is 7.92. The molecule has 108 valence electrons. The molecule has 7 heteroatoms. The third-order valence-electron chi connectivity index (χ3n) is 2.84. The molecule has 1 aromatic carbocycles. The third kappa shape index (κ3) is 3.12. The van der Waals surface area contributed by atoms with Crippen LogP contribution in [0.15, 0.2) is 41.4 Å². The summed E-state index contributed by atoms with van der Waals surface area (Å²) in [7, 11) is -2.34. The van der Waals surface area contributed by atoms with Gasteiger partial charge >= 0.3 is 0 Å². The van der Waals surface area contributed by atoms with E-state index in [1.807, 2.05) is 0 Å². The Bertz CT molecular complexity index is 810. The Morgan fingerprint density at radius 1 is 1.33 bits per heavy atom. The first-order chi connectivity index (χ1) is 9.97. The minimum absolute atomic E-state index is 0.142. The molecule has 0 aliphatic carbocycles. The number of methoxy groups -OCH3 is 1. The number of aryl methyl sites for hydroxylation is 1. The number of nitrogens with one attached hydrogen (secondary N) is 1. The average molecular weight is 303 g/mol. The smallest absolute Gasteiger partial charge is 0.264 e. The molecule has 2 aromatic rings. The third-order valence-corrected chi connectivity index (χ3v) is 4.24. The Morgan fingerprint density at radius 3 is 2.71 bits per heavy atom. The van der Waals surface area contributed by atoms with E-state index in [0.717, 1.165) is 0 Å². The molecule has 0 spiro atoms. The average Bonchev–Trinajstić information content (AvgIpc) is 2.49. The summed E-state index contributed by atoms with van der Waals surface area (Å²) in [4.78, 5) is 3.60. The van der Waals surface area contributed by atoms with Crippen molar-refractivity contribution in [2.45, 2.75) is 11.8 Å². The number of aromatic nitrogens is 1. The number of ether oxygens (including phenoxy) is 1. The molecule has 0 bridgehead atoms. The normalized spacial score (nSPS) is 10.7. The van der Waals surface area contributed by atoms with E-state index in [-0.39, 0.29) is 10.6 Å². The molecule has 0 aliphatic rings. The molecule has 0 aliphatic heterocycles. The van der Waals surface area contributed by atoms with Crippen LogP contribution in [-0.4, -0.2) is 20.5 Å². The number of anilines is 1. The van der Waals surface area contributed by atoms with Crippen molar-refractivity contribution in [3.05, 3.63) is 47.8 Å². The quantitative estimate of drug-likeness (QED) is 0.933. The zero-order valence-electron chi connectivity index (χ0n) is 11.5. The predicted molar refractivity (Wildman–Crippen MR) is 77.5 cm³/mol. The van der Waals surface area contributed by atoms with E-state index in [4.69, 9.17) is 10.00 Å². The molecule has 0 amide bonds. The molecule has 0 unspecified atom stereocenters. The Labute approximate surface area is 123 Å². The van der Waals surface area contributed by atoms with Crippen LogP contribution in [0.2, 0.25) is 0 Å². The van der Waals surface area contributed by atoms with Crippen LogP contribution < -0.4 is 9.46 Å². The molecule has 0 saturated carbocycles. The summed E-state index contributed by atoms with van der Waals surface area (Å²) in [6.45, 7) is 1.76. The van der Waals surface area contributed by atoms with Crippen LogP contribution in [0.25, 0.3) is 0 Å². The number of nitriles is 1. The minimum atomic E-state index is -3.87. The Hall–Kier alpha value is -2.59. The maximum Gasteiger partial charge on any atom is 0.264 e. The zero-order chi connectivity index (χ0) is 15.5. The number of nitrogens with zero attached hydrogens (tertiary/aromatic N) is 2. The fraction of sp³-hybridized carbons (Fsp3) is 0.143. The molecule has 0 fully saturated rings. The molecule has 1 heterocycles. The van der Waals surface area contributed by atoms with Crippen LogP contribution in [0.1, 0.15) is 11.3 Å². The van der Waals surface area contributed by atoms with Gasteiger partial charge in [-0.2, -0.15) is 5.26 Å². The van der Waals surface area contributed by atoms with Crippen LogP contribution in [0.3, 0.4) is 0 Å². The topological polar surface area (TPSA) is 92.1 Å². The number of benzene rings is 1. The second kappa shape index (κ2) is 5.81. The number of hydrogen-bond acceptors (Lipinski definition) is 5. The lowest BCUT2D eigenvalue weighted by molar-refractivity contribution is 0.414. The van der Waals surface area contributed by atoms with Gasteiger partial charge < -0.3 is 4.74 Å². The van der Waals surface area contributed by atoms with E-state index >= 15 is 0 Å². The Balaban J connectivity index is 2.41. The van der Waals surface area contributed by atoms with E-state index in [2.05, 4.69) is 9.71 Å². The van der Waals surface area contributed by atoms with Gasteiger partial charge in [0.25, 0.3) is 10.0 Å². The second-order valence-electron chi connectivity index (χ2n) is 4.25. The van der Waals surface area contributed by atoms with Crippen LogP contribution in [0, 0.1) is 18.3 Å². The van der Waals surface area contributed by atoms with Gasteiger partial charge in [0.1, 0.15) is 16.7 Å². The van der Waals surface area contributed by atoms with Crippen molar-refractivity contribution in [1.29, 1.82) is 5.26 Å². The van der Waals surface area contributed by atoms with Gasteiger partial charge in [0.2, 0.25) is 0 Å². The fourth-order valence-electron chi connectivity index (χ4n) is 1.77. The van der Waals surface area contributed by atoms with Gasteiger partial charge in [-0.05, 0) is 42.8 Å². The number of pyridine rings is 1. The second-order valence-corrected chi connectivity index (χ2v) is 5.90. The summed E-state index contributed by atoms with van der Waals surface area (Å²) in [6, 6.07) is 9.55. The molecular weight excluding hydrogens is 290 g/mol. The van der Waals surface area contributed by atoms with Crippen molar-refractivity contribution in [2.24, 2.45) is 0 Å². The lowest BCUT2D eigenvalue weighted by atomic mass is 10.2. The Kier molecular flexibility index (Phi) is 4.10. The first-order valence-corrected chi connectivity index (χ1v) is 7.49. The van der Waals surface area contributed by atoms with Gasteiger partial charge in [-0.1, -0.05) is 0 Å². The summed E-state index contributed by atoms with van der Waals surface area (Å²) in [6.07, 6.45) is 1.37. The predicted octanol–water partition coefficient (Wildman–Crippen LogP) is 2.07. The van der Waals surface area contributed by atoms with E-state index in [1.165, 1.54) is 25.4 Å². The highest BCUT2D eigenvalue weighted by atomic mass is 32.2. The van der Waals surface area contributed by atoms with Gasteiger partial charge in [0.15, 0.2) is 5.69 Å². The fourth-order valence-corrected chi connectivity index (χ4v) is 3.01. The lowest BCUT2D eigenvalue weighted by Gasteiger charge is -2.12. The van der Waals surface area contributed by atoms with E-state index in [9.17, 15) is 8.42 Å². The molecule has 2 rings (SSSR count). The number of sulfonamides is 1. The van der Waals surface area contributed by atoms with Crippen molar-refractivity contribution in [3.8, 4) is 11.8 Å². The first-order valence-electron chi connectivity index (χ1n) is 6.00. The highest BCUT2D eigenvalue weighted by Gasteiger charge is 2.20. The summed E-state index contributed by atoms with van der Waals surface area (Å²) >= 11 is 0. The van der Waals surface area contributed by atoms with E-state index < -0.39 is 10.0 Å². The van der Waals surface area contributed by atoms with Crippen LogP contribution >= 0.6 is 0 Å². The van der Waals surface area contributed by atoms with Gasteiger partial charge in [-0.15, -0.1) is 0 Å². The molecule has 1 N–H and O–H groups in total. The van der Waals surface area contributed by atoms with Crippen LogP contribution in [-0.2, 0) is 10.0 Å².